The minimum Gasteiger partial charge on any atom is -0.462 e. The zero-order chi connectivity index (χ0) is 14.5. The SMILES string of the molecule is CCOC(=O)c1ccc(NC(=O)C2CCNC2C)cc1. The Kier molecular flexibility index (Phi) is 4.74. The molecule has 0 aromatic heterocycles. The standard InChI is InChI=1S/C15H20N2O3/c1-3-20-15(19)11-4-6-12(7-5-11)17-14(18)13-8-9-16-10(13)2/h4-7,10,13,16H,3,8-9H2,1-2H3,(H,17,18). The molecule has 5 heteroatoms. The maximum Gasteiger partial charge on any atom is 0.338 e. The largest absolute Gasteiger partial charge is 0.462 e. The first kappa shape index (κ1) is 14.5. The van der Waals surface area contributed by atoms with Crippen LogP contribution in [0.2, 0.25) is 0 Å². The molecule has 1 aromatic carbocycles. The van der Waals surface area contributed by atoms with Gasteiger partial charge in [0.25, 0.3) is 0 Å². The molecule has 0 saturated carbocycles. The molecule has 2 rings (SSSR count). The molecule has 1 aliphatic heterocycles. The van der Waals surface area contributed by atoms with E-state index < -0.39 is 0 Å². The highest BCUT2D eigenvalue weighted by atomic mass is 16.5. The van der Waals surface area contributed by atoms with Gasteiger partial charge in [-0.1, -0.05) is 0 Å². The van der Waals surface area contributed by atoms with Gasteiger partial charge in [0.1, 0.15) is 0 Å². The minimum atomic E-state index is -0.348. The van der Waals surface area contributed by atoms with E-state index >= 15 is 0 Å². The van der Waals surface area contributed by atoms with E-state index in [0.29, 0.717) is 17.9 Å². The lowest BCUT2D eigenvalue weighted by Crippen LogP contribution is -2.32. The monoisotopic (exact) mass is 276 g/mol. The summed E-state index contributed by atoms with van der Waals surface area (Å²) >= 11 is 0. The molecule has 5 nitrogen and oxygen atoms in total. The van der Waals surface area contributed by atoms with E-state index in [1.807, 2.05) is 6.92 Å². The second-order valence-electron chi connectivity index (χ2n) is 4.93. The summed E-state index contributed by atoms with van der Waals surface area (Å²) in [4.78, 5) is 23.6. The van der Waals surface area contributed by atoms with Crippen molar-refractivity contribution in [2.45, 2.75) is 26.3 Å². The number of nitrogens with one attached hydrogen (secondary N) is 2. The molecule has 2 unspecified atom stereocenters. The average Bonchev–Trinajstić information content (AvgIpc) is 2.86. The number of carbonyl (C=O) groups excluding carboxylic acids is 2. The Morgan fingerprint density at radius 1 is 1.35 bits per heavy atom. The number of benzene rings is 1. The number of anilines is 1. The summed E-state index contributed by atoms with van der Waals surface area (Å²) in [6.45, 7) is 5.01. The van der Waals surface area contributed by atoms with E-state index in [1.54, 1.807) is 31.2 Å². The molecule has 2 N–H and O–H groups in total. The van der Waals surface area contributed by atoms with Crippen LogP contribution in [0, 0.1) is 5.92 Å². The lowest BCUT2D eigenvalue weighted by molar-refractivity contribution is -0.120. The lowest BCUT2D eigenvalue weighted by Gasteiger charge is -2.15. The van der Waals surface area contributed by atoms with E-state index in [0.717, 1.165) is 13.0 Å². The third kappa shape index (κ3) is 3.36. The van der Waals surface area contributed by atoms with E-state index in [1.165, 1.54) is 0 Å². The summed E-state index contributed by atoms with van der Waals surface area (Å²) in [6.07, 6.45) is 0.855. The third-order valence-corrected chi connectivity index (χ3v) is 3.53. The van der Waals surface area contributed by atoms with E-state index in [9.17, 15) is 9.59 Å². The Morgan fingerprint density at radius 3 is 2.60 bits per heavy atom. The lowest BCUT2D eigenvalue weighted by atomic mass is 10.0. The van der Waals surface area contributed by atoms with Gasteiger partial charge in [0, 0.05) is 11.7 Å². The van der Waals surface area contributed by atoms with Crippen molar-refractivity contribution in [1.82, 2.24) is 5.32 Å². The zero-order valence-electron chi connectivity index (χ0n) is 11.8. The summed E-state index contributed by atoms with van der Waals surface area (Å²) in [6, 6.07) is 6.95. The van der Waals surface area contributed by atoms with Gasteiger partial charge >= 0.3 is 5.97 Å². The molecule has 1 fully saturated rings. The van der Waals surface area contributed by atoms with Gasteiger partial charge in [-0.25, -0.2) is 4.79 Å². The highest BCUT2D eigenvalue weighted by Crippen LogP contribution is 2.18. The van der Waals surface area contributed by atoms with Crippen LogP contribution in [-0.4, -0.2) is 31.1 Å². The highest BCUT2D eigenvalue weighted by molar-refractivity contribution is 5.94. The summed E-state index contributed by atoms with van der Waals surface area (Å²) in [5.41, 5.74) is 1.18. The molecule has 1 heterocycles. The van der Waals surface area contributed by atoms with Crippen molar-refractivity contribution in [2.75, 3.05) is 18.5 Å². The Labute approximate surface area is 118 Å². The zero-order valence-corrected chi connectivity index (χ0v) is 11.8. The maximum atomic E-state index is 12.1. The Morgan fingerprint density at radius 2 is 2.05 bits per heavy atom. The van der Waals surface area contributed by atoms with Gasteiger partial charge in [-0.15, -0.1) is 0 Å². The van der Waals surface area contributed by atoms with Crippen LogP contribution in [0.4, 0.5) is 5.69 Å². The smallest absolute Gasteiger partial charge is 0.338 e. The molecule has 0 bridgehead atoms. The van der Waals surface area contributed by atoms with Gasteiger partial charge in [0.05, 0.1) is 18.1 Å². The van der Waals surface area contributed by atoms with Crippen LogP contribution in [0.3, 0.4) is 0 Å². The van der Waals surface area contributed by atoms with Crippen molar-refractivity contribution >= 4 is 17.6 Å². The Hall–Kier alpha value is -1.88. The third-order valence-electron chi connectivity index (χ3n) is 3.53. The summed E-state index contributed by atoms with van der Waals surface area (Å²) in [5, 5.41) is 6.13. The first-order chi connectivity index (χ1) is 9.61. The van der Waals surface area contributed by atoms with E-state index in [4.69, 9.17) is 4.74 Å². The van der Waals surface area contributed by atoms with Crippen LogP contribution in [-0.2, 0) is 9.53 Å². The molecule has 1 aromatic rings. The molecule has 1 amide bonds. The summed E-state index contributed by atoms with van der Waals surface area (Å²) in [5.74, 6) is -0.329. The number of rotatable bonds is 4. The Bertz CT molecular complexity index is 484. The number of ether oxygens (including phenoxy) is 1. The van der Waals surface area contributed by atoms with Crippen LogP contribution < -0.4 is 10.6 Å². The average molecular weight is 276 g/mol. The fourth-order valence-electron chi connectivity index (χ4n) is 2.36. The van der Waals surface area contributed by atoms with Crippen LogP contribution in [0.5, 0.6) is 0 Å². The fraction of sp³-hybridized carbons (Fsp3) is 0.467. The predicted octanol–water partition coefficient (Wildman–Crippen LogP) is 1.80. The second-order valence-corrected chi connectivity index (χ2v) is 4.93. The predicted molar refractivity (Wildman–Crippen MR) is 76.6 cm³/mol. The molecule has 1 aliphatic rings. The van der Waals surface area contributed by atoms with Gasteiger partial charge in [-0.05, 0) is 51.1 Å². The molecule has 0 aliphatic carbocycles. The summed E-state index contributed by atoms with van der Waals surface area (Å²) in [7, 11) is 0. The molecular formula is C15H20N2O3. The number of carbonyl (C=O) groups is 2. The minimum absolute atomic E-state index is 0.000247. The van der Waals surface area contributed by atoms with Gasteiger partial charge in [0.2, 0.25) is 5.91 Å². The van der Waals surface area contributed by atoms with Gasteiger partial charge < -0.3 is 15.4 Å². The van der Waals surface area contributed by atoms with Crippen molar-refractivity contribution in [3.63, 3.8) is 0 Å². The van der Waals surface area contributed by atoms with Gasteiger partial charge in [0.15, 0.2) is 0 Å². The molecule has 108 valence electrons. The topological polar surface area (TPSA) is 67.4 Å². The van der Waals surface area contributed by atoms with Gasteiger partial charge in [-0.2, -0.15) is 0 Å². The van der Waals surface area contributed by atoms with Crippen molar-refractivity contribution in [2.24, 2.45) is 5.92 Å². The maximum absolute atomic E-state index is 12.1. The molecule has 2 atom stereocenters. The first-order valence-electron chi connectivity index (χ1n) is 6.93. The van der Waals surface area contributed by atoms with Crippen molar-refractivity contribution < 1.29 is 14.3 Å². The molecule has 1 saturated heterocycles. The van der Waals surface area contributed by atoms with Crippen molar-refractivity contribution in [3.8, 4) is 0 Å². The number of hydrogen-bond acceptors (Lipinski definition) is 4. The van der Waals surface area contributed by atoms with E-state index in [2.05, 4.69) is 10.6 Å². The quantitative estimate of drug-likeness (QED) is 0.823. The van der Waals surface area contributed by atoms with Crippen LogP contribution >= 0.6 is 0 Å². The molecule has 0 radical (unpaired) electrons. The van der Waals surface area contributed by atoms with Gasteiger partial charge in [-0.3, -0.25) is 4.79 Å². The second kappa shape index (κ2) is 6.52. The van der Waals surface area contributed by atoms with Crippen LogP contribution in [0.25, 0.3) is 0 Å². The van der Waals surface area contributed by atoms with Crippen LogP contribution in [0.1, 0.15) is 30.6 Å². The van der Waals surface area contributed by atoms with Crippen molar-refractivity contribution in [3.05, 3.63) is 29.8 Å². The highest BCUT2D eigenvalue weighted by Gasteiger charge is 2.29. The van der Waals surface area contributed by atoms with E-state index in [-0.39, 0.29) is 23.8 Å². The molecular weight excluding hydrogens is 256 g/mol. The normalized spacial score (nSPS) is 21.5. The molecule has 20 heavy (non-hydrogen) atoms. The molecule has 0 spiro atoms. The van der Waals surface area contributed by atoms with Crippen LogP contribution in [0.15, 0.2) is 24.3 Å². The first-order valence-corrected chi connectivity index (χ1v) is 6.93. The summed E-state index contributed by atoms with van der Waals surface area (Å²) < 4.78 is 4.91. The Balaban J connectivity index is 1.96. The number of esters is 1. The van der Waals surface area contributed by atoms with Crippen molar-refractivity contribution in [1.29, 1.82) is 0 Å². The fourth-order valence-corrected chi connectivity index (χ4v) is 2.36. The number of hydrogen-bond donors (Lipinski definition) is 2. The number of amides is 1.